The fourth-order valence-electron chi connectivity index (χ4n) is 1.47. The van der Waals surface area contributed by atoms with Crippen LogP contribution >= 0.6 is 0 Å². The van der Waals surface area contributed by atoms with E-state index in [1.54, 1.807) is 19.1 Å². The zero-order valence-electron chi connectivity index (χ0n) is 11.0. The van der Waals surface area contributed by atoms with E-state index in [2.05, 4.69) is 4.98 Å². The predicted octanol–water partition coefficient (Wildman–Crippen LogP) is 1.42. The number of nitrogens with zero attached hydrogens (tertiary/aromatic N) is 2. The third kappa shape index (κ3) is 3.84. The molecule has 5 nitrogen and oxygen atoms in total. The van der Waals surface area contributed by atoms with Crippen molar-refractivity contribution in [2.45, 2.75) is 20.8 Å². The van der Waals surface area contributed by atoms with Crippen LogP contribution in [0.5, 0.6) is 0 Å². The van der Waals surface area contributed by atoms with Crippen LogP contribution in [0, 0.1) is 6.92 Å². The molecule has 98 valence electrons. The molecule has 1 rings (SSSR count). The minimum Gasteiger partial charge on any atom is -0.465 e. The lowest BCUT2D eigenvalue weighted by molar-refractivity contribution is -0.143. The van der Waals surface area contributed by atoms with Gasteiger partial charge in [0.05, 0.1) is 12.2 Å². The Kier molecular flexibility index (Phi) is 5.30. The molecule has 0 atom stereocenters. The second-order valence-corrected chi connectivity index (χ2v) is 3.81. The molecular formula is C13H18N2O3. The molecule has 0 N–H and O–H groups in total. The molecule has 18 heavy (non-hydrogen) atoms. The van der Waals surface area contributed by atoms with E-state index in [0.717, 1.165) is 5.69 Å². The first kappa shape index (κ1) is 14.2. The maximum absolute atomic E-state index is 12.1. The number of rotatable bonds is 5. The van der Waals surface area contributed by atoms with E-state index < -0.39 is 5.97 Å². The van der Waals surface area contributed by atoms with Crippen LogP contribution in [-0.2, 0) is 9.53 Å². The molecule has 0 aliphatic rings. The summed E-state index contributed by atoms with van der Waals surface area (Å²) in [6.07, 6.45) is 1.52. The van der Waals surface area contributed by atoms with Crippen LogP contribution in [0.1, 0.15) is 29.9 Å². The van der Waals surface area contributed by atoms with Crippen LogP contribution in [0.3, 0.4) is 0 Å². The van der Waals surface area contributed by atoms with E-state index in [1.807, 2.05) is 13.8 Å². The van der Waals surface area contributed by atoms with Crippen LogP contribution in [0.2, 0.25) is 0 Å². The third-order valence-electron chi connectivity index (χ3n) is 2.45. The molecule has 1 aromatic heterocycles. The Balaban J connectivity index is 2.73. The summed E-state index contributed by atoms with van der Waals surface area (Å²) in [5, 5.41) is 0. The number of esters is 1. The van der Waals surface area contributed by atoms with E-state index >= 15 is 0 Å². The summed E-state index contributed by atoms with van der Waals surface area (Å²) in [4.78, 5) is 29.0. The molecule has 1 amide bonds. The number of carbonyl (C=O) groups is 2. The van der Waals surface area contributed by atoms with Crippen molar-refractivity contribution >= 4 is 11.9 Å². The number of amides is 1. The Morgan fingerprint density at radius 2 is 2.06 bits per heavy atom. The van der Waals surface area contributed by atoms with Crippen molar-refractivity contribution in [2.75, 3.05) is 19.7 Å². The van der Waals surface area contributed by atoms with Crippen LogP contribution in [0.15, 0.2) is 18.3 Å². The van der Waals surface area contributed by atoms with E-state index in [0.29, 0.717) is 18.7 Å². The lowest BCUT2D eigenvalue weighted by Crippen LogP contribution is -2.36. The summed E-state index contributed by atoms with van der Waals surface area (Å²) in [6.45, 7) is 6.14. The first-order valence-electron chi connectivity index (χ1n) is 5.96. The summed E-state index contributed by atoms with van der Waals surface area (Å²) in [6, 6.07) is 3.48. The van der Waals surface area contributed by atoms with Gasteiger partial charge in [-0.25, -0.2) is 0 Å². The van der Waals surface area contributed by atoms with Crippen LogP contribution in [-0.4, -0.2) is 41.5 Å². The van der Waals surface area contributed by atoms with Crippen LogP contribution < -0.4 is 0 Å². The van der Waals surface area contributed by atoms with Gasteiger partial charge in [-0.2, -0.15) is 0 Å². The summed E-state index contributed by atoms with van der Waals surface area (Å²) in [5.74, 6) is -0.606. The van der Waals surface area contributed by atoms with Gasteiger partial charge in [0.1, 0.15) is 6.54 Å². The van der Waals surface area contributed by atoms with Crippen molar-refractivity contribution in [1.82, 2.24) is 9.88 Å². The molecule has 0 aliphatic heterocycles. The van der Waals surface area contributed by atoms with Gasteiger partial charge in [-0.3, -0.25) is 14.6 Å². The fourth-order valence-corrected chi connectivity index (χ4v) is 1.47. The average molecular weight is 250 g/mol. The highest BCUT2D eigenvalue weighted by Crippen LogP contribution is 2.05. The fraction of sp³-hybridized carbons (Fsp3) is 0.462. The maximum Gasteiger partial charge on any atom is 0.325 e. The molecule has 0 aliphatic carbocycles. The largest absolute Gasteiger partial charge is 0.465 e. The van der Waals surface area contributed by atoms with Crippen molar-refractivity contribution in [3.63, 3.8) is 0 Å². The molecule has 5 heteroatoms. The van der Waals surface area contributed by atoms with Crippen LogP contribution in [0.25, 0.3) is 0 Å². The monoisotopic (exact) mass is 250 g/mol. The number of ether oxygens (including phenoxy) is 1. The Labute approximate surface area is 107 Å². The highest BCUT2D eigenvalue weighted by molar-refractivity contribution is 5.95. The number of carbonyl (C=O) groups excluding carboxylic acids is 2. The number of hydrogen-bond donors (Lipinski definition) is 0. The van der Waals surface area contributed by atoms with Crippen molar-refractivity contribution in [2.24, 2.45) is 0 Å². The third-order valence-corrected chi connectivity index (χ3v) is 2.45. The molecule has 1 aromatic rings. The highest BCUT2D eigenvalue weighted by Gasteiger charge is 2.17. The summed E-state index contributed by atoms with van der Waals surface area (Å²) in [7, 11) is 0. The van der Waals surface area contributed by atoms with E-state index in [-0.39, 0.29) is 12.5 Å². The molecule has 0 saturated heterocycles. The molecule has 0 bridgehead atoms. The molecule has 0 radical (unpaired) electrons. The first-order valence-corrected chi connectivity index (χ1v) is 5.96. The normalized spacial score (nSPS) is 9.94. The predicted molar refractivity (Wildman–Crippen MR) is 67.2 cm³/mol. The zero-order valence-corrected chi connectivity index (χ0v) is 11.0. The molecule has 1 heterocycles. The molecule has 0 aromatic carbocycles. The minimum absolute atomic E-state index is 0.0307. The second-order valence-electron chi connectivity index (χ2n) is 3.81. The topological polar surface area (TPSA) is 59.5 Å². The van der Waals surface area contributed by atoms with Gasteiger partial charge in [-0.05, 0) is 32.9 Å². The number of hydrogen-bond acceptors (Lipinski definition) is 4. The van der Waals surface area contributed by atoms with Gasteiger partial charge in [0.2, 0.25) is 0 Å². The minimum atomic E-state index is -0.396. The molecule has 0 saturated carbocycles. The molecule has 0 unspecified atom stereocenters. The Bertz CT molecular complexity index is 415. The van der Waals surface area contributed by atoms with E-state index in [9.17, 15) is 9.59 Å². The van der Waals surface area contributed by atoms with Crippen molar-refractivity contribution in [3.05, 3.63) is 29.6 Å². The molecule has 0 fully saturated rings. The number of aromatic nitrogens is 1. The number of likely N-dealkylation sites (N-methyl/N-ethyl adjacent to an activating group) is 1. The molecular weight excluding hydrogens is 232 g/mol. The van der Waals surface area contributed by atoms with Crippen molar-refractivity contribution in [3.8, 4) is 0 Å². The van der Waals surface area contributed by atoms with E-state index in [1.165, 1.54) is 11.1 Å². The van der Waals surface area contributed by atoms with Gasteiger partial charge >= 0.3 is 5.97 Å². The van der Waals surface area contributed by atoms with Gasteiger partial charge in [0.25, 0.3) is 5.91 Å². The standard InChI is InChI=1S/C13H18N2O3/c1-4-15(9-12(16)18-5-2)13(17)11-7-6-10(3)14-8-11/h6-8H,4-5,9H2,1-3H3. The van der Waals surface area contributed by atoms with Gasteiger partial charge < -0.3 is 9.64 Å². The van der Waals surface area contributed by atoms with E-state index in [4.69, 9.17) is 4.74 Å². The quantitative estimate of drug-likeness (QED) is 0.741. The maximum atomic E-state index is 12.1. The first-order chi connectivity index (χ1) is 8.58. The second kappa shape index (κ2) is 6.74. The van der Waals surface area contributed by atoms with Crippen molar-refractivity contribution in [1.29, 1.82) is 0 Å². The van der Waals surface area contributed by atoms with Crippen LogP contribution in [0.4, 0.5) is 0 Å². The van der Waals surface area contributed by atoms with Gasteiger partial charge in [-0.1, -0.05) is 0 Å². The Hall–Kier alpha value is -1.91. The highest BCUT2D eigenvalue weighted by atomic mass is 16.5. The average Bonchev–Trinajstić information content (AvgIpc) is 2.36. The lowest BCUT2D eigenvalue weighted by Gasteiger charge is -2.19. The van der Waals surface area contributed by atoms with Crippen molar-refractivity contribution < 1.29 is 14.3 Å². The Morgan fingerprint density at radius 1 is 1.33 bits per heavy atom. The van der Waals surface area contributed by atoms with Gasteiger partial charge in [0.15, 0.2) is 0 Å². The summed E-state index contributed by atoms with van der Waals surface area (Å²) < 4.78 is 4.83. The zero-order chi connectivity index (χ0) is 13.5. The Morgan fingerprint density at radius 3 is 2.56 bits per heavy atom. The smallest absolute Gasteiger partial charge is 0.325 e. The summed E-state index contributed by atoms with van der Waals surface area (Å²) >= 11 is 0. The number of aryl methyl sites for hydroxylation is 1. The van der Waals surface area contributed by atoms with Gasteiger partial charge in [-0.15, -0.1) is 0 Å². The van der Waals surface area contributed by atoms with Gasteiger partial charge in [0, 0.05) is 18.4 Å². The molecule has 0 spiro atoms. The lowest BCUT2D eigenvalue weighted by atomic mass is 10.2. The summed E-state index contributed by atoms with van der Waals surface area (Å²) in [5.41, 5.74) is 1.33. The SMILES string of the molecule is CCOC(=O)CN(CC)C(=O)c1ccc(C)nc1. The number of pyridine rings is 1.